The number of fused-ring (bicyclic) bond motifs is 6. The minimum Gasteiger partial charge on any atom is -0.333 e. The van der Waals surface area contributed by atoms with E-state index < -0.39 is 0 Å². The Morgan fingerprint density at radius 3 is 1.89 bits per heavy atom. The van der Waals surface area contributed by atoms with Gasteiger partial charge in [-0.25, -0.2) is 9.97 Å². The summed E-state index contributed by atoms with van der Waals surface area (Å²) in [6, 6.07) is 45.7. The fourth-order valence-corrected chi connectivity index (χ4v) is 7.08. The number of aromatic nitrogens is 3. The van der Waals surface area contributed by atoms with Gasteiger partial charge in [0.2, 0.25) is 0 Å². The Morgan fingerprint density at radius 2 is 1.14 bits per heavy atom. The van der Waals surface area contributed by atoms with Gasteiger partial charge in [-0.2, -0.15) is 0 Å². The minimum absolute atomic E-state index is 0.261. The Morgan fingerprint density at radius 1 is 0.523 bits per heavy atom. The van der Waals surface area contributed by atoms with Crippen molar-refractivity contribution in [2.45, 2.75) is 12.0 Å². The molecule has 7 aromatic rings. The number of benzene rings is 5. The van der Waals surface area contributed by atoms with Gasteiger partial charge >= 0.3 is 0 Å². The van der Waals surface area contributed by atoms with Crippen LogP contribution in [0.4, 0.5) is 11.4 Å². The van der Waals surface area contributed by atoms with Crippen molar-refractivity contribution in [1.82, 2.24) is 14.5 Å². The van der Waals surface area contributed by atoms with Gasteiger partial charge in [0.15, 0.2) is 0 Å². The van der Waals surface area contributed by atoms with Crippen molar-refractivity contribution in [1.29, 1.82) is 0 Å². The molecule has 0 saturated heterocycles. The van der Waals surface area contributed by atoms with Gasteiger partial charge < -0.3 is 9.47 Å². The van der Waals surface area contributed by atoms with Crippen molar-refractivity contribution in [3.05, 3.63) is 164 Å². The second-order valence-corrected chi connectivity index (χ2v) is 11.5. The number of nitrogens with zero attached hydrogens (tertiary/aromatic N) is 4. The normalized spacial score (nSPS) is 16.9. The van der Waals surface area contributed by atoms with E-state index in [1.165, 1.54) is 33.1 Å². The molecular formula is C40H28N4. The summed E-state index contributed by atoms with van der Waals surface area (Å²) in [5.41, 5.74) is 11.2. The quantitative estimate of drug-likeness (QED) is 0.213. The van der Waals surface area contributed by atoms with Crippen LogP contribution in [0.3, 0.4) is 0 Å². The molecule has 2 atom stereocenters. The zero-order valence-electron chi connectivity index (χ0n) is 24.0. The first-order valence-corrected chi connectivity index (χ1v) is 15.1. The lowest BCUT2D eigenvalue weighted by molar-refractivity contribution is 0.745. The van der Waals surface area contributed by atoms with Gasteiger partial charge in [-0.05, 0) is 54.1 Å². The molecule has 1 aliphatic heterocycles. The minimum atomic E-state index is 0.261. The van der Waals surface area contributed by atoms with E-state index in [-0.39, 0.29) is 6.04 Å². The van der Waals surface area contributed by atoms with E-state index in [2.05, 4.69) is 161 Å². The third-order valence-corrected chi connectivity index (χ3v) is 9.03. The molecule has 44 heavy (non-hydrogen) atoms. The first kappa shape index (κ1) is 24.8. The van der Waals surface area contributed by atoms with Crippen molar-refractivity contribution in [2.75, 3.05) is 4.90 Å². The molecular weight excluding hydrogens is 536 g/mol. The molecule has 0 fully saturated rings. The highest BCUT2D eigenvalue weighted by molar-refractivity contribution is 6.09. The number of hydrogen-bond donors (Lipinski definition) is 0. The number of rotatable bonds is 4. The SMILES string of the molecule is C1=CC2c3ccccc3N(c3cccc(-c4cc(-c5cccc(-n6c7ccccc7c7ccccc76)c5)ncn4)c3)C2C=C1. The molecule has 0 spiro atoms. The van der Waals surface area contributed by atoms with Crippen LogP contribution in [0.25, 0.3) is 50.0 Å². The van der Waals surface area contributed by atoms with Crippen molar-refractivity contribution in [3.8, 4) is 28.2 Å². The van der Waals surface area contributed by atoms with E-state index >= 15 is 0 Å². The number of para-hydroxylation sites is 3. The molecule has 2 aliphatic rings. The Hall–Kier alpha value is -5.74. The van der Waals surface area contributed by atoms with E-state index in [1.807, 2.05) is 0 Å². The summed E-state index contributed by atoms with van der Waals surface area (Å²) < 4.78 is 2.34. The van der Waals surface area contributed by atoms with Crippen molar-refractivity contribution in [2.24, 2.45) is 0 Å². The Balaban J connectivity index is 1.11. The first-order chi connectivity index (χ1) is 21.8. The Kier molecular flexibility index (Phi) is 5.60. The molecule has 0 bridgehead atoms. The maximum Gasteiger partial charge on any atom is 0.116 e. The number of allylic oxidation sites excluding steroid dienone is 2. The van der Waals surface area contributed by atoms with Crippen molar-refractivity contribution < 1.29 is 0 Å². The fraction of sp³-hybridized carbons (Fsp3) is 0.0500. The molecule has 5 aromatic carbocycles. The van der Waals surface area contributed by atoms with E-state index in [9.17, 15) is 0 Å². The molecule has 4 heteroatoms. The lowest BCUT2D eigenvalue weighted by atomic mass is 9.91. The van der Waals surface area contributed by atoms with Gasteiger partial charge in [-0.1, -0.05) is 103 Å². The van der Waals surface area contributed by atoms with Crippen LogP contribution in [0.1, 0.15) is 11.5 Å². The topological polar surface area (TPSA) is 34.0 Å². The summed E-state index contributed by atoms with van der Waals surface area (Å²) in [5.74, 6) is 0.354. The van der Waals surface area contributed by atoms with Crippen LogP contribution in [-0.4, -0.2) is 20.6 Å². The predicted octanol–water partition coefficient (Wildman–Crippen LogP) is 9.64. The van der Waals surface area contributed by atoms with Crippen LogP contribution < -0.4 is 4.90 Å². The van der Waals surface area contributed by atoms with E-state index in [1.54, 1.807) is 6.33 Å². The average molecular weight is 565 g/mol. The van der Waals surface area contributed by atoms with Crippen LogP contribution in [0.5, 0.6) is 0 Å². The standard InChI is InChI=1S/C40H28N4/c1-5-19-37-31(15-1)32-16-2-6-20-38(32)43(37)29-13-9-11-27(23-29)35-25-36(42-26-41-35)28-12-10-14-30(24-28)44-39-21-7-3-17-33(39)34-18-4-8-22-40(34)44/h1-26,31,37H. The van der Waals surface area contributed by atoms with Gasteiger partial charge in [-0.15, -0.1) is 0 Å². The zero-order chi connectivity index (χ0) is 29.0. The van der Waals surface area contributed by atoms with Gasteiger partial charge in [0, 0.05) is 44.9 Å². The van der Waals surface area contributed by atoms with Gasteiger partial charge in [0.25, 0.3) is 0 Å². The molecule has 2 aromatic heterocycles. The largest absolute Gasteiger partial charge is 0.333 e. The smallest absolute Gasteiger partial charge is 0.116 e. The highest BCUT2D eigenvalue weighted by atomic mass is 15.2. The lowest BCUT2D eigenvalue weighted by Crippen LogP contribution is -2.28. The van der Waals surface area contributed by atoms with Gasteiger partial charge in [-0.3, -0.25) is 0 Å². The summed E-state index contributed by atoms with van der Waals surface area (Å²) in [6.07, 6.45) is 10.6. The van der Waals surface area contributed by atoms with E-state index in [4.69, 9.17) is 9.97 Å². The van der Waals surface area contributed by atoms with E-state index in [0.29, 0.717) is 5.92 Å². The van der Waals surface area contributed by atoms with Gasteiger partial charge in [0.05, 0.1) is 28.5 Å². The molecule has 1 aliphatic carbocycles. The summed E-state index contributed by atoms with van der Waals surface area (Å²) in [5, 5.41) is 2.51. The van der Waals surface area contributed by atoms with Crippen molar-refractivity contribution in [3.63, 3.8) is 0 Å². The zero-order valence-corrected chi connectivity index (χ0v) is 24.0. The highest BCUT2D eigenvalue weighted by Gasteiger charge is 2.37. The average Bonchev–Trinajstić information content (AvgIpc) is 3.62. The highest BCUT2D eigenvalue weighted by Crippen LogP contribution is 2.47. The summed E-state index contributed by atoms with van der Waals surface area (Å²) >= 11 is 0. The predicted molar refractivity (Wildman–Crippen MR) is 181 cm³/mol. The maximum atomic E-state index is 4.72. The first-order valence-electron chi connectivity index (χ1n) is 15.1. The lowest BCUT2D eigenvalue weighted by Gasteiger charge is -2.29. The van der Waals surface area contributed by atoms with Crippen LogP contribution in [0.2, 0.25) is 0 Å². The molecule has 0 saturated carbocycles. The number of hydrogen-bond acceptors (Lipinski definition) is 3. The molecule has 0 radical (unpaired) electrons. The monoisotopic (exact) mass is 564 g/mol. The molecule has 9 rings (SSSR count). The second kappa shape index (κ2) is 9.92. The van der Waals surface area contributed by atoms with Gasteiger partial charge in [0.1, 0.15) is 6.33 Å². The van der Waals surface area contributed by atoms with Crippen LogP contribution in [0, 0.1) is 0 Å². The number of anilines is 2. The summed E-state index contributed by atoms with van der Waals surface area (Å²) in [7, 11) is 0. The summed E-state index contributed by atoms with van der Waals surface area (Å²) in [6.45, 7) is 0. The third-order valence-electron chi connectivity index (χ3n) is 9.03. The molecule has 4 nitrogen and oxygen atoms in total. The Labute approximate surface area is 255 Å². The van der Waals surface area contributed by atoms with Crippen LogP contribution >= 0.6 is 0 Å². The second-order valence-electron chi connectivity index (χ2n) is 11.5. The molecule has 0 N–H and O–H groups in total. The third kappa shape index (κ3) is 3.85. The maximum absolute atomic E-state index is 4.72. The Bertz CT molecular complexity index is 2220. The molecule has 3 heterocycles. The molecule has 0 amide bonds. The van der Waals surface area contributed by atoms with E-state index in [0.717, 1.165) is 33.9 Å². The summed E-state index contributed by atoms with van der Waals surface area (Å²) in [4.78, 5) is 11.9. The van der Waals surface area contributed by atoms with Crippen molar-refractivity contribution >= 4 is 33.2 Å². The van der Waals surface area contributed by atoms with Crippen LogP contribution in [-0.2, 0) is 0 Å². The molecule has 2 unspecified atom stereocenters. The molecule has 208 valence electrons. The fourth-order valence-electron chi connectivity index (χ4n) is 7.08. The van der Waals surface area contributed by atoms with Crippen LogP contribution in [0.15, 0.2) is 158 Å².